The summed E-state index contributed by atoms with van der Waals surface area (Å²) in [6.07, 6.45) is 0.438. The molecule has 1 aliphatic heterocycles. The maximum Gasteiger partial charge on any atom is 0.0807 e. The van der Waals surface area contributed by atoms with E-state index < -0.39 is 0 Å². The number of anilines is 1. The molecule has 0 saturated carbocycles. The lowest BCUT2D eigenvalue weighted by atomic mass is 10.0. The van der Waals surface area contributed by atoms with Gasteiger partial charge in [0, 0.05) is 24.3 Å². The van der Waals surface area contributed by atoms with Crippen LogP contribution in [0.4, 0.5) is 5.69 Å². The van der Waals surface area contributed by atoms with Crippen molar-refractivity contribution in [3.05, 3.63) is 29.8 Å². The van der Waals surface area contributed by atoms with Crippen LogP contribution in [0.15, 0.2) is 24.3 Å². The maximum absolute atomic E-state index is 10.1. The predicted molar refractivity (Wildman–Crippen MR) is 72.2 cm³/mol. The fraction of sp³-hybridized carbons (Fsp3) is 0.600. The number of para-hydroxylation sites is 1. The molecule has 2 nitrogen and oxygen atoms in total. The minimum Gasteiger partial charge on any atom is -0.388 e. The van der Waals surface area contributed by atoms with E-state index in [2.05, 4.69) is 36.9 Å². The number of benzene rings is 1. The molecule has 0 aliphatic carbocycles. The molecule has 3 atom stereocenters. The summed E-state index contributed by atoms with van der Waals surface area (Å²) >= 11 is 0. The highest BCUT2D eigenvalue weighted by Crippen LogP contribution is 2.33. The smallest absolute Gasteiger partial charge is 0.0807 e. The second-order valence-electron chi connectivity index (χ2n) is 5.34. The van der Waals surface area contributed by atoms with Crippen LogP contribution < -0.4 is 4.90 Å². The molecular weight excluding hydrogens is 210 g/mol. The fourth-order valence-electron chi connectivity index (χ4n) is 2.60. The van der Waals surface area contributed by atoms with Crippen molar-refractivity contribution in [1.82, 2.24) is 0 Å². The zero-order valence-electron chi connectivity index (χ0n) is 11.1. The summed E-state index contributed by atoms with van der Waals surface area (Å²) < 4.78 is 0. The molecule has 2 heteroatoms. The van der Waals surface area contributed by atoms with Gasteiger partial charge in [-0.1, -0.05) is 39.0 Å². The highest BCUT2D eigenvalue weighted by atomic mass is 16.3. The Morgan fingerprint density at radius 3 is 2.41 bits per heavy atom. The second-order valence-corrected chi connectivity index (χ2v) is 5.34. The molecule has 1 saturated heterocycles. The number of hydrogen-bond acceptors (Lipinski definition) is 2. The first-order valence-electron chi connectivity index (χ1n) is 6.65. The van der Waals surface area contributed by atoms with Crippen LogP contribution in [-0.2, 0) is 0 Å². The number of nitrogens with zero attached hydrogens (tertiary/aromatic N) is 1. The molecule has 1 N–H and O–H groups in total. The molecule has 94 valence electrons. The molecule has 0 radical (unpaired) electrons. The lowest BCUT2D eigenvalue weighted by molar-refractivity contribution is 0.174. The zero-order chi connectivity index (χ0) is 12.4. The first-order chi connectivity index (χ1) is 8.13. The molecule has 1 fully saturated rings. The van der Waals surface area contributed by atoms with Gasteiger partial charge in [0.05, 0.1) is 6.10 Å². The van der Waals surface area contributed by atoms with Crippen LogP contribution in [0.5, 0.6) is 0 Å². The van der Waals surface area contributed by atoms with Crippen LogP contribution >= 0.6 is 0 Å². The first kappa shape index (κ1) is 12.4. The molecule has 17 heavy (non-hydrogen) atoms. The monoisotopic (exact) mass is 233 g/mol. The van der Waals surface area contributed by atoms with E-state index in [1.807, 2.05) is 13.0 Å². The fourth-order valence-corrected chi connectivity index (χ4v) is 2.60. The van der Waals surface area contributed by atoms with Crippen LogP contribution in [0.3, 0.4) is 0 Å². The van der Waals surface area contributed by atoms with E-state index in [0.717, 1.165) is 36.9 Å². The van der Waals surface area contributed by atoms with Gasteiger partial charge in [0.15, 0.2) is 0 Å². The average Bonchev–Trinajstić information content (AvgIpc) is 2.68. The summed E-state index contributed by atoms with van der Waals surface area (Å²) in [4.78, 5) is 2.42. The van der Waals surface area contributed by atoms with Gasteiger partial charge in [-0.15, -0.1) is 0 Å². The highest BCUT2D eigenvalue weighted by molar-refractivity contribution is 5.55. The van der Waals surface area contributed by atoms with Crippen molar-refractivity contribution < 1.29 is 5.11 Å². The molecule has 2 rings (SSSR count). The van der Waals surface area contributed by atoms with Crippen molar-refractivity contribution in [1.29, 1.82) is 0 Å². The third-order valence-corrected chi connectivity index (χ3v) is 4.01. The Balaban J connectivity index is 2.26. The van der Waals surface area contributed by atoms with Gasteiger partial charge in [0.1, 0.15) is 0 Å². The zero-order valence-corrected chi connectivity index (χ0v) is 11.1. The van der Waals surface area contributed by atoms with E-state index in [4.69, 9.17) is 0 Å². The summed E-state index contributed by atoms with van der Waals surface area (Å²) in [7, 11) is 0. The summed E-state index contributed by atoms with van der Waals surface area (Å²) in [5.74, 6) is 1.48. The molecule has 0 bridgehead atoms. The van der Waals surface area contributed by atoms with Crippen LogP contribution in [-0.4, -0.2) is 18.2 Å². The Bertz CT molecular complexity index is 367. The van der Waals surface area contributed by atoms with E-state index in [-0.39, 0.29) is 6.10 Å². The van der Waals surface area contributed by atoms with Gasteiger partial charge in [-0.25, -0.2) is 0 Å². The van der Waals surface area contributed by atoms with Gasteiger partial charge in [0.2, 0.25) is 0 Å². The van der Waals surface area contributed by atoms with Gasteiger partial charge in [-0.3, -0.25) is 0 Å². The van der Waals surface area contributed by atoms with Crippen molar-refractivity contribution in [3.8, 4) is 0 Å². The molecule has 0 aromatic heterocycles. The van der Waals surface area contributed by atoms with Crippen LogP contribution in [0.25, 0.3) is 0 Å². The molecule has 1 heterocycles. The Kier molecular flexibility index (Phi) is 3.72. The molecule has 2 unspecified atom stereocenters. The van der Waals surface area contributed by atoms with Crippen molar-refractivity contribution in [2.75, 3.05) is 18.0 Å². The second kappa shape index (κ2) is 5.09. The third-order valence-electron chi connectivity index (χ3n) is 4.01. The average molecular weight is 233 g/mol. The van der Waals surface area contributed by atoms with Gasteiger partial charge in [0.25, 0.3) is 0 Å². The summed E-state index contributed by atoms with van der Waals surface area (Å²) in [6.45, 7) is 8.85. The maximum atomic E-state index is 10.1. The van der Waals surface area contributed by atoms with Gasteiger partial charge >= 0.3 is 0 Å². The number of aliphatic hydroxyl groups is 1. The van der Waals surface area contributed by atoms with E-state index in [1.165, 1.54) is 5.69 Å². The quantitative estimate of drug-likeness (QED) is 0.866. The minimum atomic E-state index is -0.336. The van der Waals surface area contributed by atoms with E-state index >= 15 is 0 Å². The molecule has 1 aliphatic rings. The summed E-state index contributed by atoms with van der Waals surface area (Å²) in [5, 5.41) is 10.1. The van der Waals surface area contributed by atoms with Crippen molar-refractivity contribution in [2.24, 2.45) is 11.8 Å². The van der Waals surface area contributed by atoms with Gasteiger partial charge < -0.3 is 10.0 Å². The summed E-state index contributed by atoms with van der Waals surface area (Å²) in [6, 6.07) is 8.27. The van der Waals surface area contributed by atoms with Crippen LogP contribution in [0, 0.1) is 11.8 Å². The largest absolute Gasteiger partial charge is 0.388 e. The molecule has 0 spiro atoms. The molecule has 1 aromatic carbocycles. The Hall–Kier alpha value is -1.02. The van der Waals surface area contributed by atoms with E-state index in [1.54, 1.807) is 0 Å². The van der Waals surface area contributed by atoms with Crippen LogP contribution in [0.2, 0.25) is 0 Å². The highest BCUT2D eigenvalue weighted by Gasteiger charge is 2.27. The minimum absolute atomic E-state index is 0.336. The number of aliphatic hydroxyl groups excluding tert-OH is 1. The lowest BCUT2D eigenvalue weighted by Crippen LogP contribution is -2.21. The normalized spacial score (nSPS) is 26.2. The van der Waals surface area contributed by atoms with E-state index in [0.29, 0.717) is 0 Å². The Morgan fingerprint density at radius 1 is 1.24 bits per heavy atom. The summed E-state index contributed by atoms with van der Waals surface area (Å²) in [5.41, 5.74) is 2.30. The lowest BCUT2D eigenvalue weighted by Gasteiger charge is -2.24. The Labute approximate surface area is 104 Å². The standard InChI is InChI=1S/C15H23NO/c1-4-15(17)13-7-5-6-8-14(13)16-9-11(2)12(3)10-16/h5-8,11-12,15,17H,4,9-10H2,1-3H3/t11?,12?,15-/m1/s1. The molecule has 0 amide bonds. The molecular formula is C15H23NO. The van der Waals surface area contributed by atoms with Gasteiger partial charge in [-0.2, -0.15) is 0 Å². The number of rotatable bonds is 3. The SMILES string of the molecule is CC[C@@H](O)c1ccccc1N1CC(C)C(C)C1. The van der Waals surface area contributed by atoms with E-state index in [9.17, 15) is 5.11 Å². The predicted octanol–water partition coefficient (Wildman–Crippen LogP) is 3.22. The van der Waals surface area contributed by atoms with Crippen LogP contribution in [0.1, 0.15) is 38.9 Å². The first-order valence-corrected chi connectivity index (χ1v) is 6.65. The molecule has 1 aromatic rings. The topological polar surface area (TPSA) is 23.5 Å². The van der Waals surface area contributed by atoms with Crippen molar-refractivity contribution in [3.63, 3.8) is 0 Å². The Morgan fingerprint density at radius 2 is 1.82 bits per heavy atom. The van der Waals surface area contributed by atoms with Crippen molar-refractivity contribution >= 4 is 5.69 Å². The van der Waals surface area contributed by atoms with Gasteiger partial charge in [-0.05, 0) is 24.3 Å². The third kappa shape index (κ3) is 2.47. The number of hydrogen-bond donors (Lipinski definition) is 1. The van der Waals surface area contributed by atoms with Crippen molar-refractivity contribution in [2.45, 2.75) is 33.3 Å².